The van der Waals surface area contributed by atoms with Crippen LogP contribution in [0.15, 0.2) is 48.5 Å². The highest BCUT2D eigenvalue weighted by atomic mass is 19.1. The summed E-state index contributed by atoms with van der Waals surface area (Å²) < 4.78 is 31.4. The van der Waals surface area contributed by atoms with Crippen LogP contribution in [-0.4, -0.2) is 30.4 Å². The fraction of sp³-hybridized carbons (Fsp3) is 0.167. The normalized spacial score (nSPS) is 11.3. The third-order valence-electron chi connectivity index (χ3n) is 3.29. The molecule has 0 unspecified atom stereocenters. The summed E-state index contributed by atoms with van der Waals surface area (Å²) in [7, 11) is 0. The molecule has 0 aromatic heterocycles. The van der Waals surface area contributed by atoms with E-state index in [1.54, 1.807) is 0 Å². The molecule has 0 saturated carbocycles. The van der Waals surface area contributed by atoms with E-state index < -0.39 is 42.1 Å². The minimum atomic E-state index is -1.20. The SMILES string of the molecule is C[C@@H](OC(=O)CNC(=O)c1cccc(F)c1)C(=O)Nc1ccccc1F. The zero-order valence-corrected chi connectivity index (χ0v) is 13.8. The van der Waals surface area contributed by atoms with Crippen LogP contribution in [0.1, 0.15) is 17.3 Å². The van der Waals surface area contributed by atoms with Gasteiger partial charge in [-0.25, -0.2) is 8.78 Å². The standard InChI is InChI=1S/C18H16F2N2O4/c1-11(17(24)22-15-8-3-2-7-14(15)20)26-16(23)10-21-18(25)12-5-4-6-13(19)9-12/h2-9,11H,10H2,1H3,(H,21,25)(H,22,24)/t11-/m1/s1. The highest BCUT2D eigenvalue weighted by Crippen LogP contribution is 2.13. The Kier molecular flexibility index (Phi) is 6.37. The molecule has 0 aliphatic carbocycles. The molecule has 2 rings (SSSR count). The van der Waals surface area contributed by atoms with E-state index in [2.05, 4.69) is 10.6 Å². The molecular weight excluding hydrogens is 346 g/mol. The van der Waals surface area contributed by atoms with E-state index in [9.17, 15) is 23.2 Å². The maximum atomic E-state index is 13.5. The molecule has 0 spiro atoms. The highest BCUT2D eigenvalue weighted by Gasteiger charge is 2.19. The molecule has 0 aliphatic rings. The van der Waals surface area contributed by atoms with Crippen LogP contribution in [0.5, 0.6) is 0 Å². The molecule has 136 valence electrons. The van der Waals surface area contributed by atoms with E-state index in [1.807, 2.05) is 0 Å². The van der Waals surface area contributed by atoms with Crippen molar-refractivity contribution in [3.63, 3.8) is 0 Å². The average molecular weight is 362 g/mol. The molecule has 6 nitrogen and oxygen atoms in total. The van der Waals surface area contributed by atoms with Crippen molar-refractivity contribution >= 4 is 23.5 Å². The summed E-state index contributed by atoms with van der Waals surface area (Å²) in [6.45, 7) is 0.801. The lowest BCUT2D eigenvalue weighted by atomic mass is 10.2. The van der Waals surface area contributed by atoms with Gasteiger partial charge in [0.05, 0.1) is 5.69 Å². The fourth-order valence-corrected chi connectivity index (χ4v) is 1.97. The monoisotopic (exact) mass is 362 g/mol. The Bertz CT molecular complexity index is 826. The van der Waals surface area contributed by atoms with E-state index in [4.69, 9.17) is 4.74 Å². The number of rotatable bonds is 6. The van der Waals surface area contributed by atoms with E-state index in [-0.39, 0.29) is 11.3 Å². The van der Waals surface area contributed by atoms with Crippen LogP contribution in [0.4, 0.5) is 14.5 Å². The second-order valence-corrected chi connectivity index (χ2v) is 5.29. The summed E-state index contributed by atoms with van der Waals surface area (Å²) in [6, 6.07) is 10.5. The number of ether oxygens (including phenoxy) is 1. The van der Waals surface area contributed by atoms with E-state index in [0.717, 1.165) is 6.07 Å². The van der Waals surface area contributed by atoms with Crippen molar-refractivity contribution in [2.45, 2.75) is 13.0 Å². The molecule has 0 heterocycles. The molecule has 2 aromatic rings. The Morgan fingerprint density at radius 3 is 2.50 bits per heavy atom. The molecule has 26 heavy (non-hydrogen) atoms. The van der Waals surface area contributed by atoms with Crippen LogP contribution in [0.25, 0.3) is 0 Å². The zero-order valence-electron chi connectivity index (χ0n) is 13.8. The minimum absolute atomic E-state index is 0.0418. The van der Waals surface area contributed by atoms with Crippen molar-refractivity contribution in [3.8, 4) is 0 Å². The number of carbonyl (C=O) groups excluding carboxylic acids is 3. The number of esters is 1. The van der Waals surface area contributed by atoms with Crippen molar-refractivity contribution in [1.29, 1.82) is 0 Å². The van der Waals surface area contributed by atoms with Crippen molar-refractivity contribution in [3.05, 3.63) is 65.7 Å². The molecule has 0 aliphatic heterocycles. The Labute approximate surface area is 148 Å². The van der Waals surface area contributed by atoms with Crippen molar-refractivity contribution in [2.75, 3.05) is 11.9 Å². The number of benzene rings is 2. The van der Waals surface area contributed by atoms with E-state index in [0.29, 0.717) is 0 Å². The number of anilines is 1. The molecule has 0 fully saturated rings. The van der Waals surface area contributed by atoms with Gasteiger partial charge in [-0.05, 0) is 37.3 Å². The van der Waals surface area contributed by atoms with E-state index in [1.165, 1.54) is 49.4 Å². The Hall–Kier alpha value is -3.29. The van der Waals surface area contributed by atoms with Crippen molar-refractivity contribution in [2.24, 2.45) is 0 Å². The molecule has 0 radical (unpaired) electrons. The molecule has 2 amide bonds. The number of amides is 2. The summed E-state index contributed by atoms with van der Waals surface area (Å²) >= 11 is 0. The maximum Gasteiger partial charge on any atom is 0.326 e. The Morgan fingerprint density at radius 2 is 1.81 bits per heavy atom. The first-order valence-corrected chi connectivity index (χ1v) is 7.65. The van der Waals surface area contributed by atoms with Gasteiger partial charge in [0, 0.05) is 5.56 Å². The summed E-state index contributed by atoms with van der Waals surface area (Å²) in [4.78, 5) is 35.4. The van der Waals surface area contributed by atoms with Gasteiger partial charge in [0.2, 0.25) is 0 Å². The van der Waals surface area contributed by atoms with Crippen molar-refractivity contribution in [1.82, 2.24) is 5.32 Å². The second kappa shape index (κ2) is 8.70. The lowest BCUT2D eigenvalue weighted by Crippen LogP contribution is -2.36. The van der Waals surface area contributed by atoms with Crippen molar-refractivity contribution < 1.29 is 27.9 Å². The molecule has 2 N–H and O–H groups in total. The maximum absolute atomic E-state index is 13.5. The molecule has 2 aromatic carbocycles. The quantitative estimate of drug-likeness (QED) is 0.772. The van der Waals surface area contributed by atoms with Crippen LogP contribution in [0.2, 0.25) is 0 Å². The average Bonchev–Trinajstić information content (AvgIpc) is 2.61. The van der Waals surface area contributed by atoms with Crippen LogP contribution in [-0.2, 0) is 14.3 Å². The lowest BCUT2D eigenvalue weighted by molar-refractivity contribution is -0.152. The predicted molar refractivity (Wildman–Crippen MR) is 89.3 cm³/mol. The van der Waals surface area contributed by atoms with Gasteiger partial charge in [-0.1, -0.05) is 18.2 Å². The van der Waals surface area contributed by atoms with Crippen LogP contribution < -0.4 is 10.6 Å². The largest absolute Gasteiger partial charge is 0.451 e. The number of para-hydroxylation sites is 1. The minimum Gasteiger partial charge on any atom is -0.451 e. The van der Waals surface area contributed by atoms with Gasteiger partial charge in [0.15, 0.2) is 6.10 Å². The summed E-state index contributed by atoms with van der Waals surface area (Å²) in [5.74, 6) is -3.46. The van der Waals surface area contributed by atoms with Crippen LogP contribution in [0, 0.1) is 11.6 Å². The first kappa shape index (κ1) is 19.0. The molecule has 0 saturated heterocycles. The predicted octanol–water partition coefficient (Wildman–Crippen LogP) is 2.26. The topological polar surface area (TPSA) is 84.5 Å². The Morgan fingerprint density at radius 1 is 1.08 bits per heavy atom. The molecule has 0 bridgehead atoms. The van der Waals surface area contributed by atoms with Gasteiger partial charge < -0.3 is 15.4 Å². The molecule has 1 atom stereocenters. The van der Waals surface area contributed by atoms with Crippen LogP contribution >= 0.6 is 0 Å². The summed E-state index contributed by atoms with van der Waals surface area (Å²) in [5.41, 5.74) is 0.00273. The van der Waals surface area contributed by atoms with Crippen LogP contribution in [0.3, 0.4) is 0 Å². The first-order chi connectivity index (χ1) is 12.4. The van der Waals surface area contributed by atoms with Gasteiger partial charge in [-0.3, -0.25) is 14.4 Å². The molecular formula is C18H16F2N2O4. The first-order valence-electron chi connectivity index (χ1n) is 7.65. The fourth-order valence-electron chi connectivity index (χ4n) is 1.97. The van der Waals surface area contributed by atoms with Gasteiger partial charge in [0.25, 0.3) is 11.8 Å². The lowest BCUT2D eigenvalue weighted by Gasteiger charge is -2.14. The number of carbonyl (C=O) groups is 3. The number of hydrogen-bond donors (Lipinski definition) is 2. The third-order valence-corrected chi connectivity index (χ3v) is 3.29. The van der Waals surface area contributed by atoms with E-state index >= 15 is 0 Å². The highest BCUT2D eigenvalue weighted by molar-refractivity contribution is 5.97. The number of nitrogens with one attached hydrogen (secondary N) is 2. The number of hydrogen-bond acceptors (Lipinski definition) is 4. The zero-order chi connectivity index (χ0) is 19.1. The van der Waals surface area contributed by atoms with Gasteiger partial charge in [0.1, 0.15) is 18.2 Å². The Balaban J connectivity index is 1.82. The smallest absolute Gasteiger partial charge is 0.326 e. The van der Waals surface area contributed by atoms with Gasteiger partial charge >= 0.3 is 5.97 Å². The van der Waals surface area contributed by atoms with Gasteiger partial charge in [-0.15, -0.1) is 0 Å². The second-order valence-electron chi connectivity index (χ2n) is 5.29. The third kappa shape index (κ3) is 5.37. The summed E-state index contributed by atoms with van der Waals surface area (Å²) in [6.07, 6.45) is -1.20. The van der Waals surface area contributed by atoms with Gasteiger partial charge in [-0.2, -0.15) is 0 Å². The molecule has 8 heteroatoms. The number of halogens is 2. The summed E-state index contributed by atoms with van der Waals surface area (Å²) in [5, 5.41) is 4.55.